The van der Waals surface area contributed by atoms with Crippen molar-refractivity contribution in [2.75, 3.05) is 18.4 Å². The number of ether oxygens (including phenoxy) is 1. The summed E-state index contributed by atoms with van der Waals surface area (Å²) in [5.41, 5.74) is -0.348. The SMILES string of the molecule is O=C(Nc1ccc(Cl)cn1)[C@@H]1CCCN(Cn2ccc(=O)c3cccc(OC(F)(F)F)c32)C1. The molecule has 1 aliphatic rings. The number of nitrogens with one attached hydrogen (secondary N) is 1. The van der Waals surface area contributed by atoms with E-state index in [1.54, 1.807) is 16.7 Å². The Kier molecular flexibility index (Phi) is 6.57. The maximum atomic E-state index is 12.9. The molecule has 4 rings (SSSR count). The summed E-state index contributed by atoms with van der Waals surface area (Å²) < 4.78 is 44.5. The second-order valence-corrected chi connectivity index (χ2v) is 8.19. The van der Waals surface area contributed by atoms with Crippen molar-refractivity contribution in [1.29, 1.82) is 0 Å². The van der Waals surface area contributed by atoms with E-state index >= 15 is 0 Å². The van der Waals surface area contributed by atoms with Gasteiger partial charge in [0, 0.05) is 30.4 Å². The average molecular weight is 481 g/mol. The molecule has 3 aromatic rings. The molecular formula is C22H20ClF3N4O3. The summed E-state index contributed by atoms with van der Waals surface area (Å²) in [5.74, 6) is -0.576. The molecule has 174 valence electrons. The molecule has 3 heterocycles. The van der Waals surface area contributed by atoms with Crippen LogP contribution in [0.3, 0.4) is 0 Å². The Morgan fingerprint density at radius 2 is 2.06 bits per heavy atom. The molecule has 2 aromatic heterocycles. The fraction of sp³-hybridized carbons (Fsp3) is 0.318. The van der Waals surface area contributed by atoms with E-state index in [1.807, 2.05) is 4.90 Å². The van der Waals surface area contributed by atoms with Crippen LogP contribution in [0.1, 0.15) is 12.8 Å². The summed E-state index contributed by atoms with van der Waals surface area (Å²) in [6.07, 6.45) is -0.615. The number of hydrogen-bond donors (Lipinski definition) is 1. The van der Waals surface area contributed by atoms with Crippen molar-refractivity contribution in [3.8, 4) is 5.75 Å². The monoisotopic (exact) mass is 480 g/mol. The number of aromatic nitrogens is 2. The molecule has 1 aliphatic heterocycles. The zero-order valence-electron chi connectivity index (χ0n) is 17.3. The first-order chi connectivity index (χ1) is 15.7. The summed E-state index contributed by atoms with van der Waals surface area (Å²) >= 11 is 5.82. The third-order valence-electron chi connectivity index (χ3n) is 5.39. The smallest absolute Gasteiger partial charge is 0.404 e. The Morgan fingerprint density at radius 3 is 2.79 bits per heavy atom. The van der Waals surface area contributed by atoms with Crippen LogP contribution in [0, 0.1) is 5.92 Å². The minimum atomic E-state index is -4.89. The highest BCUT2D eigenvalue weighted by Gasteiger charge is 2.32. The van der Waals surface area contributed by atoms with Crippen LogP contribution in [-0.4, -0.2) is 39.8 Å². The molecule has 1 fully saturated rings. The van der Waals surface area contributed by atoms with Gasteiger partial charge in [0.05, 0.1) is 23.1 Å². The van der Waals surface area contributed by atoms with Gasteiger partial charge in [-0.15, -0.1) is 13.2 Å². The van der Waals surface area contributed by atoms with Crippen LogP contribution in [0.4, 0.5) is 19.0 Å². The number of hydrogen-bond acceptors (Lipinski definition) is 5. The van der Waals surface area contributed by atoms with E-state index in [-0.39, 0.29) is 29.4 Å². The molecule has 1 amide bonds. The van der Waals surface area contributed by atoms with E-state index in [0.29, 0.717) is 30.4 Å². The first-order valence-corrected chi connectivity index (χ1v) is 10.6. The van der Waals surface area contributed by atoms with Gasteiger partial charge in [0.25, 0.3) is 0 Å². The van der Waals surface area contributed by atoms with Crippen molar-refractivity contribution in [3.63, 3.8) is 0 Å². The number of carbonyl (C=O) groups is 1. The second-order valence-electron chi connectivity index (χ2n) is 7.76. The maximum absolute atomic E-state index is 12.9. The van der Waals surface area contributed by atoms with Crippen molar-refractivity contribution in [3.05, 3.63) is 64.0 Å². The number of benzene rings is 1. The Bertz CT molecular complexity index is 1210. The Hall–Kier alpha value is -3.11. The number of amides is 1. The molecule has 0 bridgehead atoms. The fourth-order valence-electron chi connectivity index (χ4n) is 3.96. The standard InChI is InChI=1S/C22H20ClF3N4O3/c23-15-6-7-19(27-11-15)28-21(32)14-3-2-9-29(12-14)13-30-10-8-17(31)16-4-1-5-18(20(16)30)33-22(24,25)26/h1,4-8,10-11,14H,2-3,9,12-13H2,(H,27,28,32)/t14-/m1/s1. The van der Waals surface area contributed by atoms with Crippen LogP contribution < -0.4 is 15.5 Å². The molecule has 0 unspecified atom stereocenters. The predicted molar refractivity (Wildman–Crippen MR) is 117 cm³/mol. The van der Waals surface area contributed by atoms with Crippen LogP contribution in [0.2, 0.25) is 5.02 Å². The highest BCUT2D eigenvalue weighted by atomic mass is 35.5. The topological polar surface area (TPSA) is 76.5 Å². The van der Waals surface area contributed by atoms with E-state index in [0.717, 1.165) is 6.42 Å². The highest BCUT2D eigenvalue weighted by molar-refractivity contribution is 6.30. The van der Waals surface area contributed by atoms with Gasteiger partial charge in [-0.25, -0.2) is 4.98 Å². The number of rotatable bonds is 5. The van der Waals surface area contributed by atoms with Crippen LogP contribution >= 0.6 is 11.6 Å². The zero-order chi connectivity index (χ0) is 23.6. The summed E-state index contributed by atoms with van der Waals surface area (Å²) in [4.78, 5) is 31.0. The summed E-state index contributed by atoms with van der Waals surface area (Å²) in [6, 6.07) is 8.52. The van der Waals surface area contributed by atoms with Gasteiger partial charge in [-0.05, 0) is 43.7 Å². The first kappa shape index (κ1) is 23.1. The molecular weight excluding hydrogens is 461 g/mol. The summed E-state index contributed by atoms with van der Waals surface area (Å²) in [5, 5.41) is 3.35. The predicted octanol–water partition coefficient (Wildman–Crippen LogP) is 4.26. The van der Waals surface area contributed by atoms with E-state index < -0.39 is 17.5 Å². The first-order valence-electron chi connectivity index (χ1n) is 10.2. The van der Waals surface area contributed by atoms with E-state index in [4.69, 9.17) is 11.6 Å². The summed E-state index contributed by atoms with van der Waals surface area (Å²) in [6.45, 7) is 1.24. The number of alkyl halides is 3. The molecule has 33 heavy (non-hydrogen) atoms. The van der Waals surface area contributed by atoms with Gasteiger partial charge in [-0.3, -0.25) is 14.5 Å². The van der Waals surface area contributed by atoms with Crippen molar-refractivity contribution < 1.29 is 22.7 Å². The lowest BCUT2D eigenvalue weighted by Crippen LogP contribution is -2.41. The molecule has 0 radical (unpaired) electrons. The second kappa shape index (κ2) is 9.40. The lowest BCUT2D eigenvalue weighted by atomic mass is 9.97. The van der Waals surface area contributed by atoms with Crippen LogP contribution in [0.5, 0.6) is 5.75 Å². The van der Waals surface area contributed by atoms with E-state index in [2.05, 4.69) is 15.0 Å². The Balaban J connectivity index is 1.54. The molecule has 11 heteroatoms. The Morgan fingerprint density at radius 1 is 1.24 bits per heavy atom. The highest BCUT2D eigenvalue weighted by Crippen LogP contribution is 2.30. The third-order valence-corrected chi connectivity index (χ3v) is 5.61. The molecule has 1 saturated heterocycles. The molecule has 0 spiro atoms. The number of fused-ring (bicyclic) bond motifs is 1. The minimum Gasteiger partial charge on any atom is -0.404 e. The number of para-hydroxylation sites is 1. The van der Waals surface area contributed by atoms with Gasteiger partial charge in [-0.1, -0.05) is 17.7 Å². The number of anilines is 1. The largest absolute Gasteiger partial charge is 0.573 e. The number of likely N-dealkylation sites (tertiary alicyclic amines) is 1. The van der Waals surface area contributed by atoms with Crippen LogP contribution in [-0.2, 0) is 11.5 Å². The van der Waals surface area contributed by atoms with Gasteiger partial charge in [0.1, 0.15) is 5.82 Å². The number of piperidine rings is 1. The average Bonchev–Trinajstić information content (AvgIpc) is 2.76. The van der Waals surface area contributed by atoms with E-state index in [1.165, 1.54) is 36.7 Å². The van der Waals surface area contributed by atoms with Crippen LogP contribution in [0.25, 0.3) is 10.9 Å². The summed E-state index contributed by atoms with van der Waals surface area (Å²) in [7, 11) is 0. The number of carbonyl (C=O) groups excluding carboxylic acids is 1. The van der Waals surface area contributed by atoms with Gasteiger partial charge in [-0.2, -0.15) is 0 Å². The van der Waals surface area contributed by atoms with Crippen molar-refractivity contribution in [1.82, 2.24) is 14.5 Å². The molecule has 1 aromatic carbocycles. The van der Waals surface area contributed by atoms with Crippen molar-refractivity contribution in [2.45, 2.75) is 25.9 Å². The number of nitrogens with zero attached hydrogens (tertiary/aromatic N) is 3. The number of halogens is 4. The van der Waals surface area contributed by atoms with Gasteiger partial charge < -0.3 is 14.6 Å². The number of pyridine rings is 2. The molecule has 1 N–H and O–H groups in total. The molecule has 7 nitrogen and oxygen atoms in total. The molecule has 1 atom stereocenters. The quantitative estimate of drug-likeness (QED) is 0.590. The Labute approximate surface area is 191 Å². The van der Waals surface area contributed by atoms with Gasteiger partial charge in [0.2, 0.25) is 5.91 Å². The van der Waals surface area contributed by atoms with Gasteiger partial charge in [0.15, 0.2) is 11.2 Å². The molecule has 0 aliphatic carbocycles. The molecule has 0 saturated carbocycles. The van der Waals surface area contributed by atoms with Crippen LogP contribution in [0.15, 0.2) is 53.6 Å². The third kappa shape index (κ3) is 5.63. The lowest BCUT2D eigenvalue weighted by molar-refractivity contribution is -0.274. The fourth-order valence-corrected chi connectivity index (χ4v) is 4.07. The lowest BCUT2D eigenvalue weighted by Gasteiger charge is -2.32. The normalized spacial score (nSPS) is 17.2. The van der Waals surface area contributed by atoms with Crippen molar-refractivity contribution in [2.24, 2.45) is 5.92 Å². The van der Waals surface area contributed by atoms with Crippen molar-refractivity contribution >= 4 is 34.2 Å². The van der Waals surface area contributed by atoms with Gasteiger partial charge >= 0.3 is 6.36 Å². The maximum Gasteiger partial charge on any atom is 0.573 e. The minimum absolute atomic E-state index is 0.0549. The zero-order valence-corrected chi connectivity index (χ0v) is 18.1. The van der Waals surface area contributed by atoms with E-state index in [9.17, 15) is 22.8 Å².